The highest BCUT2D eigenvalue weighted by molar-refractivity contribution is 5.99. The molecule has 1 aromatic heterocycles. The number of fused-ring (bicyclic) bond motifs is 1. The van der Waals surface area contributed by atoms with Gasteiger partial charge in [0.05, 0.1) is 27.7 Å². The number of amides is 1. The molecule has 0 saturated carbocycles. The van der Waals surface area contributed by atoms with Crippen LogP contribution in [0.5, 0.6) is 11.5 Å². The lowest BCUT2D eigenvalue weighted by Gasteiger charge is -2.13. The number of benzene rings is 2. The van der Waals surface area contributed by atoms with E-state index in [0.29, 0.717) is 28.6 Å². The molecule has 30 heavy (non-hydrogen) atoms. The average molecular weight is 409 g/mol. The Bertz CT molecular complexity index is 1130. The third-order valence-corrected chi connectivity index (χ3v) is 4.66. The Kier molecular flexibility index (Phi) is 5.05. The van der Waals surface area contributed by atoms with Gasteiger partial charge in [0.1, 0.15) is 11.7 Å². The summed E-state index contributed by atoms with van der Waals surface area (Å²) in [6.07, 6.45) is -0.751. The molecule has 1 aliphatic heterocycles. The fourth-order valence-electron chi connectivity index (χ4n) is 3.34. The molecule has 1 N–H and O–H groups in total. The van der Waals surface area contributed by atoms with Crippen LogP contribution in [0.4, 0.5) is 5.69 Å². The van der Waals surface area contributed by atoms with Crippen molar-refractivity contribution in [2.75, 3.05) is 19.5 Å². The molecule has 0 radical (unpaired) electrons. The average Bonchev–Trinajstić information content (AvgIpc) is 3.31. The minimum absolute atomic E-state index is 0.0398. The van der Waals surface area contributed by atoms with Gasteiger partial charge in [0.15, 0.2) is 11.5 Å². The summed E-state index contributed by atoms with van der Waals surface area (Å²) in [6, 6.07) is 10.5. The molecule has 1 amide bonds. The number of ether oxygens (including phenoxy) is 3. The van der Waals surface area contributed by atoms with Crippen LogP contribution in [0, 0.1) is 0 Å². The van der Waals surface area contributed by atoms with E-state index in [1.165, 1.54) is 19.0 Å². The molecule has 0 fully saturated rings. The minimum Gasteiger partial charge on any atom is -0.493 e. The van der Waals surface area contributed by atoms with E-state index >= 15 is 0 Å². The lowest BCUT2D eigenvalue weighted by atomic mass is 10.0. The largest absolute Gasteiger partial charge is 0.493 e. The summed E-state index contributed by atoms with van der Waals surface area (Å²) in [5.41, 5.74) is 2.16. The molecular formula is C20H19N5O5. The first-order valence-corrected chi connectivity index (χ1v) is 9.10. The van der Waals surface area contributed by atoms with Gasteiger partial charge in [0.25, 0.3) is 0 Å². The number of hydrogen-bond donors (Lipinski definition) is 1. The molecule has 1 atom stereocenters. The monoisotopic (exact) mass is 409 g/mol. The number of methoxy groups -OCH3 is 2. The normalized spacial score (nSPS) is 14.8. The quantitative estimate of drug-likeness (QED) is 0.615. The van der Waals surface area contributed by atoms with Crippen LogP contribution >= 0.6 is 0 Å². The Morgan fingerprint density at radius 2 is 2.07 bits per heavy atom. The number of aryl methyl sites for hydroxylation is 1. The Morgan fingerprint density at radius 1 is 1.23 bits per heavy atom. The number of nitrogens with one attached hydrogen (secondary N) is 1. The number of nitrogens with zero attached hydrogens (tertiary/aromatic N) is 4. The van der Waals surface area contributed by atoms with Crippen molar-refractivity contribution in [1.29, 1.82) is 0 Å². The Morgan fingerprint density at radius 3 is 2.77 bits per heavy atom. The number of carbonyl (C=O) groups excluding carboxylic acids is 2. The predicted molar refractivity (Wildman–Crippen MR) is 105 cm³/mol. The van der Waals surface area contributed by atoms with Crippen LogP contribution in [-0.4, -0.2) is 46.3 Å². The van der Waals surface area contributed by atoms with Gasteiger partial charge in [0, 0.05) is 16.8 Å². The van der Waals surface area contributed by atoms with Crippen LogP contribution in [0.25, 0.3) is 11.4 Å². The molecule has 0 spiro atoms. The topological polar surface area (TPSA) is 117 Å². The molecule has 4 rings (SSSR count). The fourth-order valence-corrected chi connectivity index (χ4v) is 3.34. The second-order valence-corrected chi connectivity index (χ2v) is 6.59. The van der Waals surface area contributed by atoms with Crippen molar-refractivity contribution in [3.05, 3.63) is 47.5 Å². The zero-order valence-electron chi connectivity index (χ0n) is 16.6. The van der Waals surface area contributed by atoms with Gasteiger partial charge in [-0.3, -0.25) is 4.79 Å². The van der Waals surface area contributed by atoms with Gasteiger partial charge < -0.3 is 19.5 Å². The number of esters is 1. The van der Waals surface area contributed by atoms with Crippen molar-refractivity contribution in [2.45, 2.75) is 12.5 Å². The summed E-state index contributed by atoms with van der Waals surface area (Å²) >= 11 is 0. The van der Waals surface area contributed by atoms with Crippen molar-refractivity contribution in [3.8, 4) is 22.9 Å². The van der Waals surface area contributed by atoms with E-state index in [2.05, 4.69) is 20.7 Å². The predicted octanol–water partition coefficient (Wildman–Crippen LogP) is 2.13. The van der Waals surface area contributed by atoms with Gasteiger partial charge in [-0.1, -0.05) is 18.2 Å². The SMILES string of the molecule is COc1ccc2c(c1OC)C(=O)O[C@@H]2CC(=O)Nc1cccc(-c2nnn(C)n2)c1. The molecule has 10 nitrogen and oxygen atoms in total. The van der Waals surface area contributed by atoms with Crippen LogP contribution in [0.3, 0.4) is 0 Å². The van der Waals surface area contributed by atoms with Crippen LogP contribution in [0.15, 0.2) is 36.4 Å². The highest BCUT2D eigenvalue weighted by atomic mass is 16.6. The highest BCUT2D eigenvalue weighted by Gasteiger charge is 2.36. The molecule has 10 heteroatoms. The summed E-state index contributed by atoms with van der Waals surface area (Å²) in [5, 5.41) is 14.7. The summed E-state index contributed by atoms with van der Waals surface area (Å²) in [7, 11) is 4.61. The first-order chi connectivity index (χ1) is 14.5. The molecule has 154 valence electrons. The smallest absolute Gasteiger partial charge is 0.343 e. The molecule has 2 heterocycles. The van der Waals surface area contributed by atoms with Gasteiger partial charge in [-0.2, -0.15) is 4.80 Å². The number of rotatable bonds is 6. The summed E-state index contributed by atoms with van der Waals surface area (Å²) in [4.78, 5) is 26.3. The molecule has 3 aromatic rings. The van der Waals surface area contributed by atoms with E-state index in [9.17, 15) is 9.59 Å². The van der Waals surface area contributed by atoms with Gasteiger partial charge in [-0.25, -0.2) is 4.79 Å². The maximum atomic E-state index is 12.6. The van der Waals surface area contributed by atoms with Gasteiger partial charge in [-0.15, -0.1) is 10.2 Å². The Hall–Kier alpha value is -3.95. The third kappa shape index (κ3) is 3.54. The van der Waals surface area contributed by atoms with E-state index in [-0.39, 0.29) is 17.9 Å². The molecule has 2 aromatic carbocycles. The van der Waals surface area contributed by atoms with Crippen molar-refractivity contribution >= 4 is 17.6 Å². The summed E-state index contributed by atoms with van der Waals surface area (Å²) < 4.78 is 15.9. The van der Waals surface area contributed by atoms with Crippen LogP contribution < -0.4 is 14.8 Å². The van der Waals surface area contributed by atoms with Gasteiger partial charge in [-0.05, 0) is 23.4 Å². The molecular weight excluding hydrogens is 390 g/mol. The van der Waals surface area contributed by atoms with Gasteiger partial charge in [0.2, 0.25) is 11.7 Å². The van der Waals surface area contributed by atoms with Crippen LogP contribution in [-0.2, 0) is 16.6 Å². The summed E-state index contributed by atoms with van der Waals surface area (Å²) in [6.45, 7) is 0. The van der Waals surface area contributed by atoms with E-state index in [1.54, 1.807) is 37.4 Å². The maximum absolute atomic E-state index is 12.6. The maximum Gasteiger partial charge on any atom is 0.343 e. The van der Waals surface area contributed by atoms with Crippen molar-refractivity contribution in [2.24, 2.45) is 7.05 Å². The minimum atomic E-state index is -0.711. The van der Waals surface area contributed by atoms with Crippen molar-refractivity contribution < 1.29 is 23.8 Å². The Labute approximate surface area is 171 Å². The van der Waals surface area contributed by atoms with E-state index in [0.717, 1.165) is 5.56 Å². The first kappa shape index (κ1) is 19.4. The second kappa shape index (κ2) is 7.82. The van der Waals surface area contributed by atoms with Crippen LogP contribution in [0.1, 0.15) is 28.4 Å². The molecule has 0 unspecified atom stereocenters. The zero-order chi connectivity index (χ0) is 21.3. The van der Waals surface area contributed by atoms with E-state index in [1.807, 2.05) is 6.07 Å². The van der Waals surface area contributed by atoms with E-state index < -0.39 is 12.1 Å². The molecule has 0 bridgehead atoms. The standard InChI is InChI=1S/C20H19N5O5/c1-25-23-19(22-24-25)11-5-4-6-12(9-11)21-16(26)10-15-13-7-8-14(28-2)18(29-3)17(13)20(27)30-15/h4-9,15H,10H2,1-3H3,(H,21,26)/t15-/m1/s1. The molecule has 0 saturated heterocycles. The molecule has 1 aliphatic rings. The third-order valence-electron chi connectivity index (χ3n) is 4.66. The number of hydrogen-bond acceptors (Lipinski definition) is 8. The number of aromatic nitrogens is 4. The zero-order valence-corrected chi connectivity index (χ0v) is 16.6. The van der Waals surface area contributed by atoms with E-state index in [4.69, 9.17) is 14.2 Å². The first-order valence-electron chi connectivity index (χ1n) is 9.10. The number of anilines is 1. The second-order valence-electron chi connectivity index (χ2n) is 6.59. The number of tetrazole rings is 1. The number of carbonyl (C=O) groups is 2. The highest BCUT2D eigenvalue weighted by Crippen LogP contribution is 2.43. The van der Waals surface area contributed by atoms with Crippen LogP contribution in [0.2, 0.25) is 0 Å². The fraction of sp³-hybridized carbons (Fsp3) is 0.250. The number of cyclic esters (lactones) is 1. The lowest BCUT2D eigenvalue weighted by Crippen LogP contribution is -2.15. The molecule has 0 aliphatic carbocycles. The van der Waals surface area contributed by atoms with Crippen molar-refractivity contribution in [1.82, 2.24) is 20.2 Å². The Balaban J connectivity index is 1.51. The van der Waals surface area contributed by atoms with Gasteiger partial charge >= 0.3 is 5.97 Å². The summed E-state index contributed by atoms with van der Waals surface area (Å²) in [5.74, 6) is 0.321. The lowest BCUT2D eigenvalue weighted by molar-refractivity contribution is -0.118. The van der Waals surface area contributed by atoms with Crippen molar-refractivity contribution in [3.63, 3.8) is 0 Å².